The summed E-state index contributed by atoms with van der Waals surface area (Å²) in [4.78, 5) is 3.51. The van der Waals surface area contributed by atoms with Crippen molar-refractivity contribution in [2.24, 2.45) is 5.73 Å². The summed E-state index contributed by atoms with van der Waals surface area (Å²) >= 11 is 0. The van der Waals surface area contributed by atoms with E-state index < -0.39 is 0 Å². The van der Waals surface area contributed by atoms with Crippen LogP contribution in [0.2, 0.25) is 0 Å². The van der Waals surface area contributed by atoms with Gasteiger partial charge in [0.15, 0.2) is 0 Å². The minimum Gasteiger partial charge on any atom is -0.358 e. The first-order valence-corrected chi connectivity index (χ1v) is 5.95. The Bertz CT molecular complexity index is 495. The third-order valence-electron chi connectivity index (χ3n) is 3.20. The number of rotatable bonds is 3. The van der Waals surface area contributed by atoms with Crippen LogP contribution in [0.4, 0.5) is 0 Å². The highest BCUT2D eigenvalue weighted by Gasteiger charge is 2.11. The van der Waals surface area contributed by atoms with Crippen LogP contribution in [0.25, 0.3) is 10.9 Å². The van der Waals surface area contributed by atoms with E-state index in [9.17, 15) is 0 Å². The largest absolute Gasteiger partial charge is 0.358 e. The molecule has 1 aromatic carbocycles. The molecule has 0 aliphatic carbocycles. The third kappa shape index (κ3) is 1.74. The lowest BCUT2D eigenvalue weighted by Crippen LogP contribution is -2.03. The van der Waals surface area contributed by atoms with Gasteiger partial charge in [-0.15, -0.1) is 0 Å². The number of para-hydroxylation sites is 1. The Hall–Kier alpha value is -1.28. The Morgan fingerprint density at radius 3 is 2.69 bits per heavy atom. The number of aromatic amines is 1. The van der Waals surface area contributed by atoms with Crippen LogP contribution < -0.4 is 5.73 Å². The molecule has 0 unspecified atom stereocenters. The fraction of sp³-hybridized carbons (Fsp3) is 0.429. The van der Waals surface area contributed by atoms with Gasteiger partial charge >= 0.3 is 0 Å². The van der Waals surface area contributed by atoms with E-state index in [0.717, 1.165) is 6.42 Å². The lowest BCUT2D eigenvalue weighted by atomic mass is 9.99. The molecule has 0 atom stereocenters. The van der Waals surface area contributed by atoms with Crippen molar-refractivity contribution >= 4 is 10.9 Å². The second-order valence-corrected chi connectivity index (χ2v) is 4.69. The van der Waals surface area contributed by atoms with Crippen LogP contribution >= 0.6 is 0 Å². The van der Waals surface area contributed by atoms with Gasteiger partial charge in [-0.1, -0.05) is 32.0 Å². The number of hydrogen-bond donors (Lipinski definition) is 2. The maximum absolute atomic E-state index is 5.66. The van der Waals surface area contributed by atoms with E-state index in [1.807, 2.05) is 0 Å². The Morgan fingerprint density at radius 1 is 1.31 bits per heavy atom. The zero-order valence-electron chi connectivity index (χ0n) is 10.3. The molecule has 0 aliphatic rings. The van der Waals surface area contributed by atoms with Crippen LogP contribution in [0.15, 0.2) is 18.2 Å². The first-order valence-electron chi connectivity index (χ1n) is 5.95. The molecule has 2 rings (SSSR count). The fourth-order valence-electron chi connectivity index (χ4n) is 2.37. The third-order valence-corrected chi connectivity index (χ3v) is 3.20. The van der Waals surface area contributed by atoms with Gasteiger partial charge in [0.2, 0.25) is 0 Å². The molecule has 0 aliphatic heterocycles. The van der Waals surface area contributed by atoms with Crippen LogP contribution in [0.1, 0.15) is 36.6 Å². The minimum absolute atomic E-state index is 0.549. The van der Waals surface area contributed by atoms with Crippen molar-refractivity contribution in [3.05, 3.63) is 35.0 Å². The second-order valence-electron chi connectivity index (χ2n) is 4.69. The van der Waals surface area contributed by atoms with E-state index in [-0.39, 0.29) is 0 Å². The number of fused-ring (bicyclic) bond motifs is 1. The van der Waals surface area contributed by atoms with Gasteiger partial charge in [0.25, 0.3) is 0 Å². The molecule has 0 saturated heterocycles. The number of hydrogen-bond acceptors (Lipinski definition) is 1. The molecule has 3 N–H and O–H groups in total. The molecule has 0 amide bonds. The number of nitrogens with two attached hydrogens (primary N) is 1. The van der Waals surface area contributed by atoms with Crippen LogP contribution in [-0.4, -0.2) is 11.5 Å². The molecule has 2 nitrogen and oxygen atoms in total. The Balaban J connectivity index is 2.67. The number of aryl methyl sites for hydroxylation is 1. The van der Waals surface area contributed by atoms with Gasteiger partial charge in [-0.05, 0) is 36.9 Å². The minimum atomic E-state index is 0.549. The molecule has 0 fully saturated rings. The number of H-pyrrole nitrogens is 1. The number of aromatic nitrogens is 1. The van der Waals surface area contributed by atoms with E-state index in [4.69, 9.17) is 5.73 Å². The van der Waals surface area contributed by atoms with Crippen molar-refractivity contribution in [2.75, 3.05) is 6.54 Å². The zero-order chi connectivity index (χ0) is 11.7. The molecule has 0 bridgehead atoms. The van der Waals surface area contributed by atoms with E-state index in [0.29, 0.717) is 12.5 Å². The first-order chi connectivity index (χ1) is 7.65. The number of nitrogens with one attached hydrogen (secondary N) is 1. The van der Waals surface area contributed by atoms with Crippen LogP contribution in [0.5, 0.6) is 0 Å². The molecule has 16 heavy (non-hydrogen) atoms. The zero-order valence-corrected chi connectivity index (χ0v) is 10.3. The highest BCUT2D eigenvalue weighted by atomic mass is 14.7. The first kappa shape index (κ1) is 11.2. The molecular formula is C14H20N2. The Labute approximate surface area is 96.9 Å². The molecule has 2 aromatic rings. The summed E-state index contributed by atoms with van der Waals surface area (Å²) in [5.41, 5.74) is 11.0. The topological polar surface area (TPSA) is 41.8 Å². The number of benzene rings is 1. The monoisotopic (exact) mass is 216 g/mol. The van der Waals surface area contributed by atoms with Crippen molar-refractivity contribution < 1.29 is 0 Å². The quantitative estimate of drug-likeness (QED) is 0.813. The normalized spacial score (nSPS) is 11.6. The predicted molar refractivity (Wildman–Crippen MR) is 69.9 cm³/mol. The SMILES string of the molecule is Cc1[nH]c2c(C(C)C)cccc2c1CCN. The second kappa shape index (κ2) is 4.30. The lowest BCUT2D eigenvalue weighted by Gasteiger charge is -2.06. The maximum atomic E-state index is 5.66. The molecule has 0 spiro atoms. The smallest absolute Gasteiger partial charge is 0.0494 e. The molecule has 0 saturated carbocycles. The lowest BCUT2D eigenvalue weighted by molar-refractivity contribution is 0.873. The van der Waals surface area contributed by atoms with Gasteiger partial charge < -0.3 is 10.7 Å². The molecular weight excluding hydrogens is 196 g/mol. The predicted octanol–water partition coefficient (Wildman–Crippen LogP) is 3.10. The van der Waals surface area contributed by atoms with Gasteiger partial charge in [0.1, 0.15) is 0 Å². The maximum Gasteiger partial charge on any atom is 0.0494 e. The summed E-state index contributed by atoms with van der Waals surface area (Å²) < 4.78 is 0. The summed E-state index contributed by atoms with van der Waals surface area (Å²) in [6.45, 7) is 7.30. The van der Waals surface area contributed by atoms with Gasteiger partial charge in [0.05, 0.1) is 0 Å². The highest BCUT2D eigenvalue weighted by molar-refractivity contribution is 5.87. The Morgan fingerprint density at radius 2 is 2.06 bits per heavy atom. The molecule has 0 radical (unpaired) electrons. The highest BCUT2D eigenvalue weighted by Crippen LogP contribution is 2.29. The van der Waals surface area contributed by atoms with E-state index in [1.165, 1.54) is 27.7 Å². The summed E-state index contributed by atoms with van der Waals surface area (Å²) in [5, 5.41) is 1.34. The summed E-state index contributed by atoms with van der Waals surface area (Å²) in [7, 11) is 0. The Kier molecular flexibility index (Phi) is 3.01. The average molecular weight is 216 g/mol. The van der Waals surface area contributed by atoms with Crippen molar-refractivity contribution in [3.8, 4) is 0 Å². The van der Waals surface area contributed by atoms with Crippen LogP contribution in [0.3, 0.4) is 0 Å². The van der Waals surface area contributed by atoms with Crippen LogP contribution in [0, 0.1) is 6.92 Å². The summed E-state index contributed by atoms with van der Waals surface area (Å²) in [5.74, 6) is 0.549. The van der Waals surface area contributed by atoms with Gasteiger partial charge in [-0.2, -0.15) is 0 Å². The van der Waals surface area contributed by atoms with Crippen molar-refractivity contribution in [3.63, 3.8) is 0 Å². The summed E-state index contributed by atoms with van der Waals surface area (Å²) in [6, 6.07) is 6.54. The van der Waals surface area contributed by atoms with Gasteiger partial charge in [-0.25, -0.2) is 0 Å². The van der Waals surface area contributed by atoms with E-state index in [2.05, 4.69) is 44.0 Å². The summed E-state index contributed by atoms with van der Waals surface area (Å²) in [6.07, 6.45) is 0.952. The van der Waals surface area contributed by atoms with Gasteiger partial charge in [0, 0.05) is 16.6 Å². The molecule has 1 aromatic heterocycles. The van der Waals surface area contributed by atoms with E-state index >= 15 is 0 Å². The van der Waals surface area contributed by atoms with Crippen molar-refractivity contribution in [2.45, 2.75) is 33.1 Å². The molecule has 86 valence electrons. The van der Waals surface area contributed by atoms with Gasteiger partial charge in [-0.3, -0.25) is 0 Å². The molecule has 2 heteroatoms. The van der Waals surface area contributed by atoms with Crippen molar-refractivity contribution in [1.29, 1.82) is 0 Å². The van der Waals surface area contributed by atoms with E-state index in [1.54, 1.807) is 0 Å². The van der Waals surface area contributed by atoms with Crippen molar-refractivity contribution in [1.82, 2.24) is 4.98 Å². The average Bonchev–Trinajstić information content (AvgIpc) is 2.56. The standard InChI is InChI=1S/C14H20N2/c1-9(2)11-5-4-6-13-12(7-8-15)10(3)16-14(11)13/h4-6,9,16H,7-8,15H2,1-3H3. The molecule has 1 heterocycles. The fourth-order valence-corrected chi connectivity index (χ4v) is 2.37. The van der Waals surface area contributed by atoms with Crippen LogP contribution in [-0.2, 0) is 6.42 Å².